The fourth-order valence-electron chi connectivity index (χ4n) is 2.01. The van der Waals surface area contributed by atoms with Gasteiger partial charge in [-0.25, -0.2) is 4.39 Å². The Bertz CT molecular complexity index is 563. The van der Waals surface area contributed by atoms with Crippen molar-refractivity contribution in [3.05, 3.63) is 55.4 Å². The van der Waals surface area contributed by atoms with Gasteiger partial charge in [0.1, 0.15) is 5.82 Å². The number of halogens is 2. The van der Waals surface area contributed by atoms with E-state index >= 15 is 0 Å². The summed E-state index contributed by atoms with van der Waals surface area (Å²) < 4.78 is 14.2. The van der Waals surface area contributed by atoms with Crippen molar-refractivity contribution in [2.24, 2.45) is 5.84 Å². The van der Waals surface area contributed by atoms with E-state index in [9.17, 15) is 4.39 Å². The van der Waals surface area contributed by atoms with Crippen molar-refractivity contribution >= 4 is 27.3 Å². The van der Waals surface area contributed by atoms with Gasteiger partial charge < -0.3 is 0 Å². The van der Waals surface area contributed by atoms with Crippen molar-refractivity contribution in [1.82, 2.24) is 5.43 Å². The second-order valence-corrected chi connectivity index (χ2v) is 7.00. The van der Waals surface area contributed by atoms with Gasteiger partial charge in [-0.2, -0.15) is 0 Å². The van der Waals surface area contributed by atoms with Gasteiger partial charge in [-0.05, 0) is 71.1 Å². The first-order valence-corrected chi connectivity index (χ1v) is 7.59. The monoisotopic (exact) mass is 342 g/mol. The zero-order valence-electron chi connectivity index (χ0n) is 10.8. The van der Waals surface area contributed by atoms with Crippen molar-refractivity contribution in [2.45, 2.75) is 26.3 Å². The van der Waals surface area contributed by atoms with E-state index in [1.54, 1.807) is 17.4 Å². The molecule has 1 unspecified atom stereocenters. The number of benzene rings is 1. The average molecular weight is 343 g/mol. The first kappa shape index (κ1) is 14.7. The van der Waals surface area contributed by atoms with E-state index < -0.39 is 0 Å². The Balaban J connectivity index is 2.23. The molecule has 0 aliphatic carbocycles. The molecule has 2 rings (SSSR count). The lowest BCUT2D eigenvalue weighted by atomic mass is 10.0. The van der Waals surface area contributed by atoms with Crippen LogP contribution in [0.2, 0.25) is 0 Å². The quantitative estimate of drug-likeness (QED) is 0.650. The van der Waals surface area contributed by atoms with Gasteiger partial charge in [-0.3, -0.25) is 11.3 Å². The molecule has 5 heteroatoms. The molecular formula is C14H16BrFN2S. The summed E-state index contributed by atoms with van der Waals surface area (Å²) in [5.74, 6) is 5.46. The lowest BCUT2D eigenvalue weighted by Gasteiger charge is -2.15. The SMILES string of the molecule is Cc1cc(F)ccc1CC(NN)c1cc(C)c(Br)s1. The third kappa shape index (κ3) is 3.42. The largest absolute Gasteiger partial charge is 0.271 e. The van der Waals surface area contributed by atoms with Crippen LogP contribution in [0.3, 0.4) is 0 Å². The molecule has 2 aromatic rings. The molecule has 1 aromatic heterocycles. The molecule has 1 atom stereocenters. The van der Waals surface area contributed by atoms with E-state index in [4.69, 9.17) is 5.84 Å². The lowest BCUT2D eigenvalue weighted by molar-refractivity contribution is 0.557. The van der Waals surface area contributed by atoms with Crippen LogP contribution in [0.1, 0.15) is 27.6 Å². The van der Waals surface area contributed by atoms with Gasteiger partial charge in [0.25, 0.3) is 0 Å². The summed E-state index contributed by atoms with van der Waals surface area (Å²) in [6.45, 7) is 3.97. The van der Waals surface area contributed by atoms with Gasteiger partial charge >= 0.3 is 0 Å². The van der Waals surface area contributed by atoms with Gasteiger partial charge in [0.05, 0.1) is 9.83 Å². The lowest BCUT2D eigenvalue weighted by Crippen LogP contribution is -2.29. The summed E-state index contributed by atoms with van der Waals surface area (Å²) in [6.07, 6.45) is 0.745. The summed E-state index contributed by atoms with van der Waals surface area (Å²) >= 11 is 5.20. The third-order valence-corrected chi connectivity index (χ3v) is 5.40. The average Bonchev–Trinajstić information content (AvgIpc) is 2.68. The maximum Gasteiger partial charge on any atom is 0.123 e. The first-order valence-electron chi connectivity index (χ1n) is 5.98. The molecule has 0 spiro atoms. The topological polar surface area (TPSA) is 38.0 Å². The predicted octanol–water partition coefficient (Wildman–Crippen LogP) is 4.01. The molecule has 1 aromatic carbocycles. The summed E-state index contributed by atoms with van der Waals surface area (Å²) in [6, 6.07) is 7.03. The second kappa shape index (κ2) is 6.13. The number of hydrogen-bond donors (Lipinski definition) is 2. The van der Waals surface area contributed by atoms with Gasteiger partial charge in [0.2, 0.25) is 0 Å². The summed E-state index contributed by atoms with van der Waals surface area (Å²) in [5.41, 5.74) is 6.10. The van der Waals surface area contributed by atoms with E-state index in [0.717, 1.165) is 21.3 Å². The van der Waals surface area contributed by atoms with Crippen LogP contribution in [0, 0.1) is 19.7 Å². The molecule has 0 aliphatic rings. The Labute approximate surface area is 124 Å². The van der Waals surface area contributed by atoms with Crippen LogP contribution in [0.25, 0.3) is 0 Å². The minimum Gasteiger partial charge on any atom is -0.271 e. The highest BCUT2D eigenvalue weighted by atomic mass is 79.9. The molecule has 102 valence electrons. The number of nitrogens with two attached hydrogens (primary N) is 1. The Hall–Kier alpha value is -0.750. The molecule has 0 fully saturated rings. The van der Waals surface area contributed by atoms with Gasteiger partial charge in [-0.15, -0.1) is 11.3 Å². The van der Waals surface area contributed by atoms with Crippen molar-refractivity contribution in [1.29, 1.82) is 0 Å². The number of aryl methyl sites for hydroxylation is 2. The fraction of sp³-hybridized carbons (Fsp3) is 0.286. The molecular weight excluding hydrogens is 327 g/mol. The fourth-order valence-corrected chi connectivity index (χ4v) is 3.64. The minimum absolute atomic E-state index is 0.0409. The number of rotatable bonds is 4. The normalized spacial score (nSPS) is 12.7. The third-order valence-electron chi connectivity index (χ3n) is 3.15. The van der Waals surface area contributed by atoms with Gasteiger partial charge in [0, 0.05) is 4.88 Å². The Morgan fingerprint density at radius 1 is 1.32 bits per heavy atom. The van der Waals surface area contributed by atoms with E-state index in [0.29, 0.717) is 0 Å². The second-order valence-electron chi connectivity index (χ2n) is 4.60. The number of nitrogens with one attached hydrogen (secondary N) is 1. The zero-order valence-corrected chi connectivity index (χ0v) is 13.2. The van der Waals surface area contributed by atoms with Crippen molar-refractivity contribution in [3.63, 3.8) is 0 Å². The smallest absolute Gasteiger partial charge is 0.123 e. The highest BCUT2D eigenvalue weighted by Crippen LogP contribution is 2.32. The van der Waals surface area contributed by atoms with Crippen molar-refractivity contribution in [3.8, 4) is 0 Å². The Kier molecular flexibility index (Phi) is 4.73. The van der Waals surface area contributed by atoms with Crippen LogP contribution in [0.15, 0.2) is 28.1 Å². The molecule has 2 nitrogen and oxygen atoms in total. The van der Waals surface area contributed by atoms with Crippen LogP contribution < -0.4 is 11.3 Å². The number of hydrazine groups is 1. The Morgan fingerprint density at radius 2 is 2.05 bits per heavy atom. The highest BCUT2D eigenvalue weighted by Gasteiger charge is 2.15. The van der Waals surface area contributed by atoms with E-state index in [-0.39, 0.29) is 11.9 Å². The van der Waals surface area contributed by atoms with E-state index in [1.807, 2.05) is 13.0 Å². The molecule has 0 bridgehead atoms. The molecule has 0 saturated heterocycles. The highest BCUT2D eigenvalue weighted by molar-refractivity contribution is 9.11. The summed E-state index contributed by atoms with van der Waals surface area (Å²) in [4.78, 5) is 1.18. The van der Waals surface area contributed by atoms with Crippen LogP contribution in [0.5, 0.6) is 0 Å². The van der Waals surface area contributed by atoms with Crippen molar-refractivity contribution in [2.75, 3.05) is 0 Å². The minimum atomic E-state index is -0.201. The number of hydrogen-bond acceptors (Lipinski definition) is 3. The maximum absolute atomic E-state index is 13.1. The molecule has 0 aliphatic heterocycles. The van der Waals surface area contributed by atoms with Crippen LogP contribution in [-0.4, -0.2) is 0 Å². The Morgan fingerprint density at radius 3 is 2.58 bits per heavy atom. The molecule has 0 saturated carbocycles. The van der Waals surface area contributed by atoms with Gasteiger partial charge in [0.15, 0.2) is 0 Å². The standard InChI is InChI=1S/C14H16BrFN2S/c1-8-5-11(16)4-3-10(8)7-12(18-17)13-6-9(2)14(15)19-13/h3-6,12,18H,7,17H2,1-2H3. The van der Waals surface area contributed by atoms with Gasteiger partial charge in [-0.1, -0.05) is 6.07 Å². The predicted molar refractivity (Wildman–Crippen MR) is 81.7 cm³/mol. The maximum atomic E-state index is 13.1. The number of thiophene rings is 1. The van der Waals surface area contributed by atoms with Crippen LogP contribution in [0.4, 0.5) is 4.39 Å². The molecule has 1 heterocycles. The van der Waals surface area contributed by atoms with E-state index in [2.05, 4.69) is 34.3 Å². The van der Waals surface area contributed by atoms with E-state index in [1.165, 1.54) is 16.5 Å². The summed E-state index contributed by atoms with van der Waals surface area (Å²) in [7, 11) is 0. The molecule has 0 radical (unpaired) electrons. The van der Waals surface area contributed by atoms with Crippen LogP contribution >= 0.6 is 27.3 Å². The zero-order chi connectivity index (χ0) is 14.0. The van der Waals surface area contributed by atoms with Crippen molar-refractivity contribution < 1.29 is 4.39 Å². The first-order chi connectivity index (χ1) is 9.01. The van der Waals surface area contributed by atoms with Crippen LogP contribution in [-0.2, 0) is 6.42 Å². The molecule has 19 heavy (non-hydrogen) atoms. The molecule has 0 amide bonds. The summed E-state index contributed by atoms with van der Waals surface area (Å²) in [5, 5.41) is 0. The molecule has 3 N–H and O–H groups in total.